The lowest BCUT2D eigenvalue weighted by Crippen LogP contribution is -2.19. The molecule has 2 N–H and O–H groups in total. The molecule has 0 fully saturated rings. The number of carbonyl (C=O) groups excluding carboxylic acids is 1. The zero-order chi connectivity index (χ0) is 14.7. The summed E-state index contributed by atoms with van der Waals surface area (Å²) in [5, 5.41) is 11.4. The minimum absolute atomic E-state index is 0.261. The number of hydrogen-bond donors (Lipinski definition) is 2. The lowest BCUT2D eigenvalue weighted by atomic mass is 10.3. The molecule has 0 atom stereocenters. The van der Waals surface area contributed by atoms with Crippen LogP contribution in [0.4, 0.5) is 5.82 Å². The van der Waals surface area contributed by atoms with Crippen LogP contribution in [0.15, 0.2) is 35.1 Å². The molecule has 104 valence electrons. The van der Waals surface area contributed by atoms with Crippen LogP contribution in [0.5, 0.6) is 0 Å². The molecular weight excluding hydrogens is 326 g/mol. The lowest BCUT2D eigenvalue weighted by molar-refractivity contribution is -0.137. The van der Waals surface area contributed by atoms with E-state index in [1.165, 1.54) is 4.57 Å². The third-order valence-corrected chi connectivity index (χ3v) is 3.49. The zero-order valence-electron chi connectivity index (χ0n) is 10.6. The predicted octanol–water partition coefficient (Wildman–Crippen LogP) is 2.29. The second-order valence-electron chi connectivity index (χ2n) is 4.19. The highest BCUT2D eigenvalue weighted by molar-refractivity contribution is 9.10. The molecule has 20 heavy (non-hydrogen) atoms. The molecule has 0 saturated heterocycles. The van der Waals surface area contributed by atoms with Crippen molar-refractivity contribution >= 4 is 33.6 Å². The summed E-state index contributed by atoms with van der Waals surface area (Å²) >= 11 is 3.33. The first kappa shape index (κ1) is 14.3. The van der Waals surface area contributed by atoms with Crippen molar-refractivity contribution in [1.29, 1.82) is 0 Å². The van der Waals surface area contributed by atoms with E-state index in [9.17, 15) is 9.59 Å². The van der Waals surface area contributed by atoms with Crippen molar-refractivity contribution in [2.75, 3.05) is 5.32 Å². The number of hydrogen-bond acceptors (Lipinski definition) is 3. The monoisotopic (exact) mass is 337 g/mol. The SMILES string of the molecule is Cc1cc(NC(=O)c2cccn2CC(=O)O)ncc1Br. The summed E-state index contributed by atoms with van der Waals surface area (Å²) in [5.74, 6) is -0.989. The summed E-state index contributed by atoms with van der Waals surface area (Å²) in [6.45, 7) is 1.62. The van der Waals surface area contributed by atoms with Crippen LogP contribution in [0.2, 0.25) is 0 Å². The Morgan fingerprint density at radius 3 is 2.90 bits per heavy atom. The fourth-order valence-corrected chi connectivity index (χ4v) is 1.91. The summed E-state index contributed by atoms with van der Waals surface area (Å²) in [6, 6.07) is 4.91. The molecule has 0 radical (unpaired) electrons. The number of aryl methyl sites for hydroxylation is 1. The fourth-order valence-electron chi connectivity index (χ4n) is 1.69. The zero-order valence-corrected chi connectivity index (χ0v) is 12.2. The van der Waals surface area contributed by atoms with Crippen molar-refractivity contribution < 1.29 is 14.7 Å². The number of pyridine rings is 1. The van der Waals surface area contributed by atoms with Gasteiger partial charge in [0.05, 0.1) is 0 Å². The Hall–Kier alpha value is -2.15. The maximum absolute atomic E-state index is 12.1. The van der Waals surface area contributed by atoms with Crippen LogP contribution in [0.25, 0.3) is 0 Å². The minimum Gasteiger partial charge on any atom is -0.480 e. The van der Waals surface area contributed by atoms with E-state index in [2.05, 4.69) is 26.2 Å². The molecule has 2 heterocycles. The molecule has 6 nitrogen and oxygen atoms in total. The molecule has 0 bridgehead atoms. The number of anilines is 1. The van der Waals surface area contributed by atoms with Crippen molar-refractivity contribution in [2.45, 2.75) is 13.5 Å². The molecule has 0 spiro atoms. The second kappa shape index (κ2) is 5.87. The van der Waals surface area contributed by atoms with Gasteiger partial charge in [0, 0.05) is 16.9 Å². The van der Waals surface area contributed by atoms with Crippen LogP contribution < -0.4 is 5.32 Å². The fraction of sp³-hybridized carbons (Fsp3) is 0.154. The summed E-state index contributed by atoms with van der Waals surface area (Å²) in [5.41, 5.74) is 1.21. The van der Waals surface area contributed by atoms with E-state index in [1.807, 2.05) is 6.92 Å². The van der Waals surface area contributed by atoms with Crippen LogP contribution in [-0.2, 0) is 11.3 Å². The summed E-state index contributed by atoms with van der Waals surface area (Å²) in [7, 11) is 0. The Balaban J connectivity index is 2.17. The molecule has 0 aliphatic heterocycles. The molecule has 2 rings (SSSR count). The van der Waals surface area contributed by atoms with Gasteiger partial charge < -0.3 is 15.0 Å². The molecule has 2 aromatic rings. The first-order chi connectivity index (χ1) is 9.47. The highest BCUT2D eigenvalue weighted by Gasteiger charge is 2.13. The van der Waals surface area contributed by atoms with Crippen molar-refractivity contribution in [3.8, 4) is 0 Å². The van der Waals surface area contributed by atoms with Gasteiger partial charge in [0.1, 0.15) is 18.1 Å². The molecule has 0 aliphatic rings. The second-order valence-corrected chi connectivity index (χ2v) is 5.04. The number of rotatable bonds is 4. The standard InChI is InChI=1S/C13H12BrN3O3/c1-8-5-11(15-6-9(8)14)16-13(20)10-3-2-4-17(10)7-12(18)19/h2-6H,7H2,1H3,(H,18,19)(H,15,16,20). The Labute approximate surface area is 123 Å². The quantitative estimate of drug-likeness (QED) is 0.896. The first-order valence-corrected chi connectivity index (χ1v) is 6.57. The smallest absolute Gasteiger partial charge is 0.323 e. The van der Waals surface area contributed by atoms with Crippen LogP contribution >= 0.6 is 15.9 Å². The van der Waals surface area contributed by atoms with Crippen LogP contribution in [0, 0.1) is 6.92 Å². The van der Waals surface area contributed by atoms with Gasteiger partial charge in [-0.1, -0.05) is 0 Å². The summed E-state index contributed by atoms with van der Waals surface area (Å²) in [4.78, 5) is 26.9. The Morgan fingerprint density at radius 1 is 1.50 bits per heavy atom. The molecule has 0 aromatic carbocycles. The number of aromatic nitrogens is 2. The summed E-state index contributed by atoms with van der Waals surface area (Å²) < 4.78 is 2.22. The molecule has 2 aromatic heterocycles. The van der Waals surface area contributed by atoms with E-state index in [4.69, 9.17) is 5.11 Å². The highest BCUT2D eigenvalue weighted by atomic mass is 79.9. The number of nitrogens with zero attached hydrogens (tertiary/aromatic N) is 2. The van der Waals surface area contributed by atoms with Gasteiger partial charge in [0.25, 0.3) is 5.91 Å². The van der Waals surface area contributed by atoms with Crippen molar-refractivity contribution in [1.82, 2.24) is 9.55 Å². The molecule has 0 aliphatic carbocycles. The predicted molar refractivity (Wildman–Crippen MR) is 76.7 cm³/mol. The third kappa shape index (κ3) is 3.24. The van der Waals surface area contributed by atoms with E-state index in [1.54, 1.807) is 30.6 Å². The number of carbonyl (C=O) groups is 2. The van der Waals surface area contributed by atoms with Crippen molar-refractivity contribution in [2.24, 2.45) is 0 Å². The first-order valence-electron chi connectivity index (χ1n) is 5.78. The maximum atomic E-state index is 12.1. The van der Waals surface area contributed by atoms with Crippen LogP contribution in [-0.4, -0.2) is 26.5 Å². The Bertz CT molecular complexity index is 667. The van der Waals surface area contributed by atoms with Crippen LogP contribution in [0.3, 0.4) is 0 Å². The molecule has 0 saturated carbocycles. The number of carboxylic acids is 1. The Kier molecular flexibility index (Phi) is 4.19. The average Bonchev–Trinajstić information content (AvgIpc) is 2.81. The van der Waals surface area contributed by atoms with Gasteiger partial charge in [-0.15, -0.1) is 0 Å². The molecular formula is C13H12BrN3O3. The van der Waals surface area contributed by atoms with E-state index >= 15 is 0 Å². The van der Waals surface area contributed by atoms with E-state index < -0.39 is 11.9 Å². The van der Waals surface area contributed by atoms with Crippen LogP contribution in [0.1, 0.15) is 16.1 Å². The topological polar surface area (TPSA) is 84.2 Å². The van der Waals surface area contributed by atoms with Crippen molar-refractivity contribution in [3.05, 3.63) is 46.3 Å². The number of carboxylic acid groups (broad SMARTS) is 1. The van der Waals surface area contributed by atoms with E-state index in [0.29, 0.717) is 5.82 Å². The normalized spacial score (nSPS) is 10.3. The third-order valence-electron chi connectivity index (χ3n) is 2.66. The highest BCUT2D eigenvalue weighted by Crippen LogP contribution is 2.17. The minimum atomic E-state index is -1.01. The van der Waals surface area contributed by atoms with Crippen molar-refractivity contribution in [3.63, 3.8) is 0 Å². The number of halogens is 1. The van der Waals surface area contributed by atoms with Gasteiger partial charge in [0.15, 0.2) is 0 Å². The van der Waals surface area contributed by atoms with Gasteiger partial charge in [-0.25, -0.2) is 4.98 Å². The Morgan fingerprint density at radius 2 is 2.25 bits per heavy atom. The lowest BCUT2D eigenvalue weighted by Gasteiger charge is -2.08. The maximum Gasteiger partial charge on any atom is 0.323 e. The molecule has 1 amide bonds. The molecule has 0 unspecified atom stereocenters. The van der Waals surface area contributed by atoms with Gasteiger partial charge in [-0.2, -0.15) is 0 Å². The molecule has 7 heteroatoms. The largest absolute Gasteiger partial charge is 0.480 e. The number of nitrogens with one attached hydrogen (secondary N) is 1. The van der Waals surface area contributed by atoms with E-state index in [0.717, 1.165) is 10.0 Å². The van der Waals surface area contributed by atoms with E-state index in [-0.39, 0.29) is 12.2 Å². The van der Waals surface area contributed by atoms with Gasteiger partial charge in [0.2, 0.25) is 0 Å². The summed E-state index contributed by atoms with van der Waals surface area (Å²) in [6.07, 6.45) is 3.14. The number of aliphatic carboxylic acids is 1. The van der Waals surface area contributed by atoms with Gasteiger partial charge in [-0.05, 0) is 46.6 Å². The average molecular weight is 338 g/mol. The number of amides is 1. The van der Waals surface area contributed by atoms with Gasteiger partial charge in [-0.3, -0.25) is 9.59 Å². The van der Waals surface area contributed by atoms with Gasteiger partial charge >= 0.3 is 5.97 Å².